The van der Waals surface area contributed by atoms with E-state index in [4.69, 9.17) is 11.5 Å². The number of nitrogens with two attached hydrogens (primary N) is 2. The van der Waals surface area contributed by atoms with E-state index in [1.807, 2.05) is 38.4 Å². The van der Waals surface area contributed by atoms with Crippen LogP contribution in [0.4, 0.5) is 0 Å². The van der Waals surface area contributed by atoms with Gasteiger partial charge in [0.1, 0.15) is 0 Å². The maximum atomic E-state index is 5.84. The minimum absolute atomic E-state index is 0.141. The highest BCUT2D eigenvalue weighted by molar-refractivity contribution is 5.55. The first-order chi connectivity index (χ1) is 9.54. The van der Waals surface area contributed by atoms with E-state index in [0.29, 0.717) is 0 Å². The highest BCUT2D eigenvalue weighted by Crippen LogP contribution is 2.18. The molecule has 2 unspecified atom stereocenters. The lowest BCUT2D eigenvalue weighted by Gasteiger charge is -2.09. The first-order valence-corrected chi connectivity index (χ1v) is 6.96. The van der Waals surface area contributed by atoms with Gasteiger partial charge in [-0.1, -0.05) is 0 Å². The second-order valence-electron chi connectivity index (χ2n) is 5.46. The van der Waals surface area contributed by atoms with Gasteiger partial charge in [0, 0.05) is 24.5 Å². The molecule has 0 aromatic carbocycles. The predicted octanol–water partition coefficient (Wildman–Crippen LogP) is 1.92. The molecule has 106 valence electrons. The molecule has 0 amide bonds. The topological polar surface area (TPSA) is 77.8 Å². The molecule has 2 atom stereocenters. The lowest BCUT2D eigenvalue weighted by Crippen LogP contribution is -2.18. The van der Waals surface area contributed by atoms with Crippen LogP contribution in [0.2, 0.25) is 0 Å². The minimum Gasteiger partial charge on any atom is -0.328 e. The second kappa shape index (κ2) is 6.59. The number of aromatic nitrogens is 2. The molecule has 0 spiro atoms. The van der Waals surface area contributed by atoms with Gasteiger partial charge in [-0.3, -0.25) is 9.97 Å². The lowest BCUT2D eigenvalue weighted by atomic mass is 10.0. The van der Waals surface area contributed by atoms with Gasteiger partial charge in [0.15, 0.2) is 0 Å². The maximum absolute atomic E-state index is 5.84. The number of hydrogen-bond donors (Lipinski definition) is 2. The highest BCUT2D eigenvalue weighted by atomic mass is 14.8. The maximum Gasteiger partial charge on any atom is 0.0888 e. The van der Waals surface area contributed by atoms with E-state index in [9.17, 15) is 0 Å². The van der Waals surface area contributed by atoms with E-state index in [1.165, 1.54) is 11.1 Å². The van der Waals surface area contributed by atoms with Crippen LogP contribution in [0.25, 0.3) is 11.4 Å². The summed E-state index contributed by atoms with van der Waals surface area (Å²) in [6, 6.07) is 8.39. The molecule has 2 aromatic heterocycles. The van der Waals surface area contributed by atoms with Crippen molar-refractivity contribution in [3.63, 3.8) is 0 Å². The molecule has 2 rings (SSSR count). The average molecular weight is 270 g/mol. The molecule has 0 aliphatic carbocycles. The van der Waals surface area contributed by atoms with Gasteiger partial charge in [-0.2, -0.15) is 0 Å². The molecular formula is C16H22N4. The smallest absolute Gasteiger partial charge is 0.0888 e. The largest absolute Gasteiger partial charge is 0.328 e. The predicted molar refractivity (Wildman–Crippen MR) is 82.2 cm³/mol. The number of hydrogen-bond acceptors (Lipinski definition) is 4. The third-order valence-corrected chi connectivity index (χ3v) is 3.03. The summed E-state index contributed by atoms with van der Waals surface area (Å²) in [4.78, 5) is 8.81. The van der Waals surface area contributed by atoms with Crippen LogP contribution < -0.4 is 11.5 Å². The van der Waals surface area contributed by atoms with Crippen molar-refractivity contribution >= 4 is 0 Å². The molecule has 4 N–H and O–H groups in total. The van der Waals surface area contributed by atoms with Crippen molar-refractivity contribution in [3.05, 3.63) is 47.8 Å². The zero-order valence-electron chi connectivity index (χ0n) is 12.1. The van der Waals surface area contributed by atoms with Gasteiger partial charge >= 0.3 is 0 Å². The van der Waals surface area contributed by atoms with E-state index in [2.05, 4.69) is 22.1 Å². The van der Waals surface area contributed by atoms with Crippen molar-refractivity contribution in [3.8, 4) is 11.4 Å². The number of nitrogens with zero attached hydrogens (tertiary/aromatic N) is 2. The zero-order valence-corrected chi connectivity index (χ0v) is 12.1. The third-order valence-electron chi connectivity index (χ3n) is 3.03. The summed E-state index contributed by atoms with van der Waals surface area (Å²) in [5.41, 5.74) is 15.8. The fourth-order valence-corrected chi connectivity index (χ4v) is 2.23. The monoisotopic (exact) mass is 270 g/mol. The minimum atomic E-state index is 0.141. The van der Waals surface area contributed by atoms with E-state index >= 15 is 0 Å². The van der Waals surface area contributed by atoms with Crippen LogP contribution in [0.15, 0.2) is 36.7 Å². The van der Waals surface area contributed by atoms with Crippen LogP contribution in [-0.2, 0) is 12.8 Å². The van der Waals surface area contributed by atoms with Gasteiger partial charge in [0.05, 0.1) is 11.4 Å². The molecule has 0 aliphatic rings. The molecule has 0 aliphatic heterocycles. The third kappa shape index (κ3) is 4.11. The van der Waals surface area contributed by atoms with Crippen LogP contribution in [-0.4, -0.2) is 22.1 Å². The molecule has 2 heterocycles. The van der Waals surface area contributed by atoms with E-state index in [-0.39, 0.29) is 12.1 Å². The van der Waals surface area contributed by atoms with E-state index in [0.717, 1.165) is 24.2 Å². The summed E-state index contributed by atoms with van der Waals surface area (Å²) in [6.45, 7) is 4.00. The van der Waals surface area contributed by atoms with Gasteiger partial charge in [-0.15, -0.1) is 0 Å². The molecule has 0 fully saturated rings. The second-order valence-corrected chi connectivity index (χ2v) is 5.46. The fraction of sp³-hybridized carbons (Fsp3) is 0.375. The van der Waals surface area contributed by atoms with Crippen LogP contribution in [0, 0.1) is 0 Å². The first kappa shape index (κ1) is 14.6. The average Bonchev–Trinajstić information content (AvgIpc) is 2.38. The fourth-order valence-electron chi connectivity index (χ4n) is 2.23. The first-order valence-electron chi connectivity index (χ1n) is 6.96. The van der Waals surface area contributed by atoms with Gasteiger partial charge in [0.25, 0.3) is 0 Å². The van der Waals surface area contributed by atoms with Crippen molar-refractivity contribution < 1.29 is 0 Å². The Kier molecular flexibility index (Phi) is 4.82. The summed E-state index contributed by atoms with van der Waals surface area (Å²) >= 11 is 0. The molecule has 2 aromatic rings. The van der Waals surface area contributed by atoms with Crippen molar-refractivity contribution in [2.24, 2.45) is 11.5 Å². The zero-order chi connectivity index (χ0) is 14.5. The van der Waals surface area contributed by atoms with Crippen molar-refractivity contribution in [1.82, 2.24) is 9.97 Å². The number of pyridine rings is 2. The molecule has 0 bridgehead atoms. The summed E-state index contributed by atoms with van der Waals surface area (Å²) in [5.74, 6) is 0. The molecule has 0 saturated heterocycles. The van der Waals surface area contributed by atoms with Gasteiger partial charge in [-0.05, 0) is 62.1 Å². The van der Waals surface area contributed by atoms with E-state index < -0.39 is 0 Å². The lowest BCUT2D eigenvalue weighted by molar-refractivity contribution is 0.736. The normalized spacial score (nSPS) is 14.0. The Labute approximate surface area is 120 Å². The van der Waals surface area contributed by atoms with Crippen molar-refractivity contribution in [1.29, 1.82) is 0 Å². The Morgan fingerprint density at radius 3 is 1.60 bits per heavy atom. The highest BCUT2D eigenvalue weighted by Gasteiger charge is 2.06. The molecule has 0 radical (unpaired) electrons. The van der Waals surface area contributed by atoms with Crippen LogP contribution in [0.3, 0.4) is 0 Å². The summed E-state index contributed by atoms with van der Waals surface area (Å²) in [7, 11) is 0. The summed E-state index contributed by atoms with van der Waals surface area (Å²) in [5, 5.41) is 0. The molecule has 4 heteroatoms. The molecule has 4 nitrogen and oxygen atoms in total. The quantitative estimate of drug-likeness (QED) is 0.870. The SMILES string of the molecule is CC(N)Cc1ccnc(-c2cc(CC(C)N)ccn2)c1. The standard InChI is InChI=1S/C16H22N4/c1-11(17)7-13-3-5-19-15(9-13)16-10-14(4-6-20-16)8-12(2)18/h3-6,9-12H,7-8,17-18H2,1-2H3. The molecule has 20 heavy (non-hydrogen) atoms. The summed E-state index contributed by atoms with van der Waals surface area (Å²) in [6.07, 6.45) is 5.31. The Morgan fingerprint density at radius 1 is 0.850 bits per heavy atom. The Bertz CT molecular complexity index is 512. The van der Waals surface area contributed by atoms with Crippen LogP contribution >= 0.6 is 0 Å². The van der Waals surface area contributed by atoms with Gasteiger partial charge in [0.2, 0.25) is 0 Å². The Hall–Kier alpha value is -1.78. The van der Waals surface area contributed by atoms with Gasteiger partial charge in [-0.25, -0.2) is 0 Å². The van der Waals surface area contributed by atoms with Crippen molar-refractivity contribution in [2.75, 3.05) is 0 Å². The summed E-state index contributed by atoms with van der Waals surface area (Å²) < 4.78 is 0. The molecule has 0 saturated carbocycles. The van der Waals surface area contributed by atoms with E-state index in [1.54, 1.807) is 0 Å². The Balaban J connectivity index is 2.26. The Morgan fingerprint density at radius 2 is 1.25 bits per heavy atom. The number of rotatable bonds is 5. The van der Waals surface area contributed by atoms with Crippen LogP contribution in [0.5, 0.6) is 0 Å². The molecular weight excluding hydrogens is 248 g/mol. The van der Waals surface area contributed by atoms with Crippen molar-refractivity contribution in [2.45, 2.75) is 38.8 Å². The van der Waals surface area contributed by atoms with Crippen LogP contribution in [0.1, 0.15) is 25.0 Å². The van der Waals surface area contributed by atoms with Gasteiger partial charge < -0.3 is 11.5 Å².